The summed E-state index contributed by atoms with van der Waals surface area (Å²) >= 11 is 0. The number of benzene rings is 1. The number of hydrogen-bond acceptors (Lipinski definition) is 4. The molecule has 0 atom stereocenters. The van der Waals surface area contributed by atoms with Gasteiger partial charge in [0.2, 0.25) is 5.91 Å². The minimum absolute atomic E-state index is 0.00755. The van der Waals surface area contributed by atoms with Crippen LogP contribution in [-0.2, 0) is 16.1 Å². The molecular weight excluding hydrogens is 296 g/mol. The van der Waals surface area contributed by atoms with Crippen molar-refractivity contribution in [1.29, 1.82) is 0 Å². The van der Waals surface area contributed by atoms with Gasteiger partial charge in [0, 0.05) is 12.6 Å². The summed E-state index contributed by atoms with van der Waals surface area (Å²) < 4.78 is 5.50. The quantitative estimate of drug-likeness (QED) is 0.688. The second-order valence-corrected chi connectivity index (χ2v) is 5.66. The summed E-state index contributed by atoms with van der Waals surface area (Å²) in [5.74, 6) is -0.310. The Morgan fingerprint density at radius 2 is 1.87 bits per heavy atom. The van der Waals surface area contributed by atoms with Crippen LogP contribution >= 0.6 is 0 Å². The minimum atomic E-state index is -0.936. The van der Waals surface area contributed by atoms with Crippen LogP contribution in [0.5, 0.6) is 5.75 Å². The van der Waals surface area contributed by atoms with E-state index in [4.69, 9.17) is 9.84 Å². The highest BCUT2D eigenvalue weighted by atomic mass is 16.5. The van der Waals surface area contributed by atoms with Gasteiger partial charge in [0.1, 0.15) is 5.75 Å². The van der Waals surface area contributed by atoms with Crippen molar-refractivity contribution in [3.63, 3.8) is 0 Å². The van der Waals surface area contributed by atoms with Crippen LogP contribution in [-0.4, -0.2) is 47.6 Å². The van der Waals surface area contributed by atoms with E-state index in [1.165, 1.54) is 0 Å². The molecule has 0 aliphatic heterocycles. The van der Waals surface area contributed by atoms with Crippen LogP contribution in [0.2, 0.25) is 0 Å². The number of carbonyl (C=O) groups is 2. The van der Waals surface area contributed by atoms with Gasteiger partial charge in [0.25, 0.3) is 0 Å². The van der Waals surface area contributed by atoms with E-state index in [0.29, 0.717) is 13.2 Å². The molecule has 0 aliphatic carbocycles. The Morgan fingerprint density at radius 1 is 1.22 bits per heavy atom. The molecule has 2 N–H and O–H groups in total. The van der Waals surface area contributed by atoms with E-state index >= 15 is 0 Å². The monoisotopic (exact) mass is 322 g/mol. The summed E-state index contributed by atoms with van der Waals surface area (Å²) in [5.41, 5.74) is 0.969. The first-order valence-electron chi connectivity index (χ1n) is 7.86. The average molecular weight is 322 g/mol. The molecule has 0 aliphatic rings. The second kappa shape index (κ2) is 9.84. The molecule has 0 heterocycles. The normalized spacial score (nSPS) is 10.8. The van der Waals surface area contributed by atoms with Crippen LogP contribution in [0.4, 0.5) is 0 Å². The molecule has 6 heteroatoms. The molecule has 0 radical (unpaired) electrons. The van der Waals surface area contributed by atoms with E-state index in [1.807, 2.05) is 38.1 Å². The molecule has 1 amide bonds. The molecule has 0 fully saturated rings. The number of carboxylic acids is 1. The van der Waals surface area contributed by atoms with Gasteiger partial charge in [-0.05, 0) is 38.0 Å². The Bertz CT molecular complexity index is 500. The third kappa shape index (κ3) is 7.65. The number of hydrogen-bond donors (Lipinski definition) is 2. The molecule has 1 aromatic rings. The number of carbonyl (C=O) groups excluding carboxylic acids is 1. The van der Waals surface area contributed by atoms with E-state index in [2.05, 4.69) is 12.2 Å². The Morgan fingerprint density at radius 3 is 2.39 bits per heavy atom. The fraction of sp³-hybridized carbons (Fsp3) is 0.529. The third-order valence-corrected chi connectivity index (χ3v) is 3.30. The lowest BCUT2D eigenvalue weighted by Gasteiger charge is -2.23. The number of nitrogens with one attached hydrogen (secondary N) is 1. The Labute approximate surface area is 137 Å². The van der Waals surface area contributed by atoms with Crippen molar-refractivity contribution in [3.8, 4) is 5.75 Å². The van der Waals surface area contributed by atoms with Gasteiger partial charge in [0.05, 0.1) is 19.7 Å². The molecule has 0 spiro atoms. The van der Waals surface area contributed by atoms with E-state index in [9.17, 15) is 9.59 Å². The van der Waals surface area contributed by atoms with Gasteiger partial charge in [-0.2, -0.15) is 0 Å². The van der Waals surface area contributed by atoms with Gasteiger partial charge in [-0.1, -0.05) is 19.1 Å². The number of rotatable bonds is 10. The van der Waals surface area contributed by atoms with E-state index in [1.54, 1.807) is 4.90 Å². The largest absolute Gasteiger partial charge is 0.494 e. The highest BCUT2D eigenvalue weighted by Crippen LogP contribution is 2.12. The van der Waals surface area contributed by atoms with Crippen LogP contribution in [0, 0.1) is 0 Å². The van der Waals surface area contributed by atoms with Gasteiger partial charge in [0.15, 0.2) is 0 Å². The van der Waals surface area contributed by atoms with Crippen molar-refractivity contribution < 1.29 is 19.4 Å². The van der Waals surface area contributed by atoms with E-state index in [-0.39, 0.29) is 25.0 Å². The van der Waals surface area contributed by atoms with Crippen LogP contribution in [0.15, 0.2) is 24.3 Å². The van der Waals surface area contributed by atoms with Crippen molar-refractivity contribution in [3.05, 3.63) is 29.8 Å². The maximum Gasteiger partial charge on any atom is 0.317 e. The molecule has 6 nitrogen and oxygen atoms in total. The molecule has 23 heavy (non-hydrogen) atoms. The maximum absolute atomic E-state index is 12.0. The molecule has 0 saturated carbocycles. The summed E-state index contributed by atoms with van der Waals surface area (Å²) in [6.07, 6.45) is 0.959. The lowest BCUT2D eigenvalue weighted by atomic mass is 10.2. The van der Waals surface area contributed by atoms with Crippen molar-refractivity contribution in [2.75, 3.05) is 19.7 Å². The van der Waals surface area contributed by atoms with Crippen molar-refractivity contribution >= 4 is 11.9 Å². The van der Waals surface area contributed by atoms with Gasteiger partial charge < -0.3 is 15.2 Å². The molecule has 0 unspecified atom stereocenters. The molecule has 0 aromatic heterocycles. The van der Waals surface area contributed by atoms with Crippen molar-refractivity contribution in [2.45, 2.75) is 39.8 Å². The zero-order chi connectivity index (χ0) is 17.2. The zero-order valence-electron chi connectivity index (χ0n) is 14.0. The minimum Gasteiger partial charge on any atom is -0.494 e. The Balaban J connectivity index is 2.44. The molecule has 128 valence electrons. The van der Waals surface area contributed by atoms with Crippen molar-refractivity contribution in [2.24, 2.45) is 0 Å². The molecular formula is C17H26N2O4. The van der Waals surface area contributed by atoms with Crippen LogP contribution in [0.3, 0.4) is 0 Å². The number of nitrogens with zero attached hydrogens (tertiary/aromatic N) is 1. The summed E-state index contributed by atoms with van der Waals surface area (Å²) in [5, 5.41) is 11.7. The Kier molecular flexibility index (Phi) is 8.11. The number of aliphatic carboxylic acids is 1. The Hall–Kier alpha value is -2.08. The van der Waals surface area contributed by atoms with Crippen LogP contribution < -0.4 is 10.1 Å². The molecule has 1 aromatic carbocycles. The summed E-state index contributed by atoms with van der Waals surface area (Å²) in [4.78, 5) is 24.4. The second-order valence-electron chi connectivity index (χ2n) is 5.66. The molecule has 0 saturated heterocycles. The number of carboxylic acid groups (broad SMARTS) is 1. The SMILES string of the molecule is CCCOc1ccc(CNC(=O)CN(CC(=O)O)C(C)C)cc1. The number of amides is 1. The summed E-state index contributed by atoms with van der Waals surface area (Å²) in [7, 11) is 0. The smallest absolute Gasteiger partial charge is 0.317 e. The topological polar surface area (TPSA) is 78.9 Å². The zero-order valence-corrected chi connectivity index (χ0v) is 14.0. The first kappa shape index (κ1) is 19.0. The van der Waals surface area contributed by atoms with Gasteiger partial charge in [-0.3, -0.25) is 14.5 Å². The van der Waals surface area contributed by atoms with Gasteiger partial charge in [-0.25, -0.2) is 0 Å². The average Bonchev–Trinajstić information content (AvgIpc) is 2.50. The fourth-order valence-corrected chi connectivity index (χ4v) is 1.96. The first-order valence-corrected chi connectivity index (χ1v) is 7.86. The predicted octanol–water partition coefficient (Wildman–Crippen LogP) is 1.89. The maximum atomic E-state index is 12.0. The van der Waals surface area contributed by atoms with Gasteiger partial charge in [-0.15, -0.1) is 0 Å². The summed E-state index contributed by atoms with van der Waals surface area (Å²) in [6, 6.07) is 7.56. The van der Waals surface area contributed by atoms with Gasteiger partial charge >= 0.3 is 5.97 Å². The molecule has 0 bridgehead atoms. The third-order valence-electron chi connectivity index (χ3n) is 3.30. The number of ether oxygens (including phenoxy) is 1. The lowest BCUT2D eigenvalue weighted by molar-refractivity contribution is -0.139. The van der Waals surface area contributed by atoms with Crippen LogP contribution in [0.25, 0.3) is 0 Å². The summed E-state index contributed by atoms with van der Waals surface area (Å²) in [6.45, 7) is 6.80. The van der Waals surface area contributed by atoms with Crippen molar-refractivity contribution in [1.82, 2.24) is 10.2 Å². The first-order chi connectivity index (χ1) is 10.9. The van der Waals surface area contributed by atoms with E-state index in [0.717, 1.165) is 17.7 Å². The lowest BCUT2D eigenvalue weighted by Crippen LogP contribution is -2.43. The highest BCUT2D eigenvalue weighted by molar-refractivity contribution is 5.79. The highest BCUT2D eigenvalue weighted by Gasteiger charge is 2.16. The van der Waals surface area contributed by atoms with Crippen LogP contribution in [0.1, 0.15) is 32.8 Å². The predicted molar refractivity (Wildman–Crippen MR) is 88.4 cm³/mol. The molecule has 1 rings (SSSR count). The standard InChI is InChI=1S/C17H26N2O4/c1-4-9-23-15-7-5-14(6-8-15)10-18-16(20)11-19(13(2)3)12-17(21)22/h5-8,13H,4,9-12H2,1-3H3,(H,18,20)(H,21,22). The fourth-order valence-electron chi connectivity index (χ4n) is 1.96. The van der Waals surface area contributed by atoms with E-state index < -0.39 is 5.97 Å².